The highest BCUT2D eigenvalue weighted by atomic mass is 16.5. The maximum Gasteiger partial charge on any atom is 0.154 e. The normalized spacial score (nSPS) is 19.6. The molecule has 7 heteroatoms. The molecular formula is C18H18N4O3. The molecule has 2 aliphatic rings. The molecule has 1 aromatic carbocycles. The number of phenols is 1. The molecular weight excluding hydrogens is 320 g/mol. The van der Waals surface area contributed by atoms with Crippen LogP contribution in [0.2, 0.25) is 0 Å². The molecule has 2 N–H and O–H groups in total. The molecule has 25 heavy (non-hydrogen) atoms. The monoisotopic (exact) mass is 338 g/mol. The quantitative estimate of drug-likeness (QED) is 0.812. The van der Waals surface area contributed by atoms with E-state index in [0.717, 1.165) is 42.2 Å². The van der Waals surface area contributed by atoms with Crippen LogP contribution in [0.25, 0.3) is 0 Å². The lowest BCUT2D eigenvalue weighted by atomic mass is 10.1. The van der Waals surface area contributed by atoms with Crippen LogP contribution in [0, 0.1) is 0 Å². The summed E-state index contributed by atoms with van der Waals surface area (Å²) in [5.41, 5.74) is 2.83. The topological polar surface area (TPSA) is 87.0 Å². The third kappa shape index (κ3) is 3.06. The summed E-state index contributed by atoms with van der Waals surface area (Å²) in [6.45, 7) is 2.76. The zero-order valence-corrected chi connectivity index (χ0v) is 13.6. The number of ether oxygens (including phenoxy) is 1. The number of benzene rings is 1. The molecule has 7 nitrogen and oxygen atoms in total. The molecule has 3 heterocycles. The van der Waals surface area contributed by atoms with E-state index in [9.17, 15) is 9.90 Å². The minimum atomic E-state index is -0.360. The summed E-state index contributed by atoms with van der Waals surface area (Å²) >= 11 is 0. The number of aliphatic imine (C=N–C) groups is 1. The summed E-state index contributed by atoms with van der Waals surface area (Å²) in [6, 6.07) is 8.77. The summed E-state index contributed by atoms with van der Waals surface area (Å²) in [5.74, 6) is 0.968. The summed E-state index contributed by atoms with van der Waals surface area (Å²) < 4.78 is 5.43. The van der Waals surface area contributed by atoms with Crippen molar-refractivity contribution in [1.29, 1.82) is 0 Å². The number of anilines is 1. The minimum Gasteiger partial charge on any atom is -0.508 e. The van der Waals surface area contributed by atoms with E-state index in [1.54, 1.807) is 30.5 Å². The summed E-state index contributed by atoms with van der Waals surface area (Å²) in [5, 5.41) is 13.1. The van der Waals surface area contributed by atoms with Crippen molar-refractivity contribution in [2.24, 2.45) is 4.99 Å². The van der Waals surface area contributed by atoms with Gasteiger partial charge in [0.15, 0.2) is 12.1 Å². The Hall–Kier alpha value is -2.93. The average molecular weight is 338 g/mol. The molecule has 0 spiro atoms. The van der Waals surface area contributed by atoms with Crippen molar-refractivity contribution in [3.63, 3.8) is 0 Å². The number of phenolic OH excluding ortho intramolecular Hbond substituents is 1. The molecule has 0 aliphatic carbocycles. The van der Waals surface area contributed by atoms with Gasteiger partial charge in [-0.25, -0.2) is 4.99 Å². The van der Waals surface area contributed by atoms with E-state index in [4.69, 9.17) is 9.73 Å². The third-order valence-corrected chi connectivity index (χ3v) is 4.30. The first-order chi connectivity index (χ1) is 12.2. The van der Waals surface area contributed by atoms with E-state index < -0.39 is 0 Å². The fourth-order valence-corrected chi connectivity index (χ4v) is 3.06. The number of rotatable bonds is 2. The summed E-state index contributed by atoms with van der Waals surface area (Å²) in [7, 11) is 0. The molecule has 0 saturated carbocycles. The fraction of sp³-hybridized carbons (Fsp3) is 0.278. The summed E-state index contributed by atoms with van der Waals surface area (Å²) in [4.78, 5) is 22.5. The Balaban J connectivity index is 1.78. The number of nitrogens with zero attached hydrogens (tertiary/aromatic N) is 3. The van der Waals surface area contributed by atoms with Crippen molar-refractivity contribution in [3.8, 4) is 5.75 Å². The second-order valence-electron chi connectivity index (χ2n) is 5.98. The van der Waals surface area contributed by atoms with Crippen LogP contribution < -0.4 is 5.32 Å². The Bertz CT molecular complexity index is 831. The van der Waals surface area contributed by atoms with Gasteiger partial charge in [0.05, 0.1) is 18.9 Å². The Kier molecular flexibility index (Phi) is 4.07. The average Bonchev–Trinajstić information content (AvgIpc) is 2.67. The second kappa shape index (κ2) is 6.52. The SMILES string of the molecule is O=Cc1cnc2c(c1)NC(c1cccc(O)c1)N=C2N1CCOCC1. The van der Waals surface area contributed by atoms with Crippen molar-refractivity contribution in [3.05, 3.63) is 53.3 Å². The lowest BCUT2D eigenvalue weighted by Gasteiger charge is -2.34. The number of carbonyl (C=O) groups is 1. The van der Waals surface area contributed by atoms with Gasteiger partial charge in [0.1, 0.15) is 17.6 Å². The second-order valence-corrected chi connectivity index (χ2v) is 5.98. The van der Waals surface area contributed by atoms with Crippen LogP contribution in [-0.4, -0.2) is 53.4 Å². The van der Waals surface area contributed by atoms with Crippen molar-refractivity contribution in [2.75, 3.05) is 31.6 Å². The van der Waals surface area contributed by atoms with Gasteiger partial charge in [-0.2, -0.15) is 0 Å². The van der Waals surface area contributed by atoms with E-state index in [-0.39, 0.29) is 11.9 Å². The van der Waals surface area contributed by atoms with Crippen molar-refractivity contribution >= 4 is 17.8 Å². The van der Waals surface area contributed by atoms with E-state index in [0.29, 0.717) is 18.8 Å². The van der Waals surface area contributed by atoms with Crippen molar-refractivity contribution in [2.45, 2.75) is 6.17 Å². The molecule has 0 amide bonds. The Morgan fingerprint density at radius 1 is 1.28 bits per heavy atom. The number of carbonyl (C=O) groups excluding carboxylic acids is 1. The van der Waals surface area contributed by atoms with Gasteiger partial charge in [-0.3, -0.25) is 9.78 Å². The molecule has 1 unspecified atom stereocenters. The molecule has 2 aromatic rings. The van der Waals surface area contributed by atoms with Gasteiger partial charge < -0.3 is 20.1 Å². The van der Waals surface area contributed by atoms with Crippen molar-refractivity contribution < 1.29 is 14.6 Å². The zero-order valence-electron chi connectivity index (χ0n) is 13.6. The largest absolute Gasteiger partial charge is 0.508 e. The molecule has 1 saturated heterocycles. The van der Waals surface area contributed by atoms with Crippen LogP contribution in [-0.2, 0) is 4.74 Å². The lowest BCUT2D eigenvalue weighted by Crippen LogP contribution is -2.43. The smallest absolute Gasteiger partial charge is 0.154 e. The maximum absolute atomic E-state index is 11.1. The van der Waals surface area contributed by atoms with Gasteiger partial charge in [0.2, 0.25) is 0 Å². The first kappa shape index (κ1) is 15.6. The summed E-state index contributed by atoms with van der Waals surface area (Å²) in [6.07, 6.45) is 1.97. The number of aldehydes is 1. The first-order valence-electron chi connectivity index (χ1n) is 8.16. The predicted molar refractivity (Wildman–Crippen MR) is 93.0 cm³/mol. The number of hydrogen-bond acceptors (Lipinski definition) is 7. The van der Waals surface area contributed by atoms with Gasteiger partial charge in [0.25, 0.3) is 0 Å². The molecule has 2 aliphatic heterocycles. The van der Waals surface area contributed by atoms with Crippen LogP contribution >= 0.6 is 0 Å². The number of pyridine rings is 1. The molecule has 0 bridgehead atoms. The zero-order chi connectivity index (χ0) is 17.2. The Labute approximate surface area is 145 Å². The number of fused-ring (bicyclic) bond motifs is 1. The third-order valence-electron chi connectivity index (χ3n) is 4.30. The van der Waals surface area contributed by atoms with E-state index >= 15 is 0 Å². The molecule has 1 fully saturated rings. The highest BCUT2D eigenvalue weighted by Crippen LogP contribution is 2.31. The number of amidine groups is 1. The predicted octanol–water partition coefficient (Wildman–Crippen LogP) is 1.80. The molecule has 1 atom stereocenters. The number of aromatic nitrogens is 1. The van der Waals surface area contributed by atoms with E-state index in [2.05, 4.69) is 15.2 Å². The number of hydrogen-bond donors (Lipinski definition) is 2. The van der Waals surface area contributed by atoms with Crippen LogP contribution in [0.4, 0.5) is 5.69 Å². The highest BCUT2D eigenvalue weighted by Gasteiger charge is 2.28. The van der Waals surface area contributed by atoms with Crippen molar-refractivity contribution in [1.82, 2.24) is 9.88 Å². The van der Waals surface area contributed by atoms with Crippen LogP contribution in [0.1, 0.15) is 27.8 Å². The van der Waals surface area contributed by atoms with Crippen LogP contribution in [0.5, 0.6) is 5.75 Å². The van der Waals surface area contributed by atoms with Gasteiger partial charge in [-0.05, 0) is 18.2 Å². The van der Waals surface area contributed by atoms with Gasteiger partial charge >= 0.3 is 0 Å². The standard InChI is InChI=1S/C18H18N4O3/c23-11-12-8-15-16(19-10-12)18(22-4-6-25-7-5-22)21-17(20-15)13-2-1-3-14(24)9-13/h1-3,8-11,17,20,24H,4-7H2. The minimum absolute atomic E-state index is 0.188. The van der Waals surface area contributed by atoms with Crippen LogP contribution in [0.15, 0.2) is 41.5 Å². The molecule has 0 radical (unpaired) electrons. The lowest BCUT2D eigenvalue weighted by molar-refractivity contribution is 0.0679. The fourth-order valence-electron chi connectivity index (χ4n) is 3.06. The number of morpholine rings is 1. The molecule has 128 valence electrons. The molecule has 4 rings (SSSR count). The first-order valence-corrected chi connectivity index (χ1v) is 8.16. The number of nitrogens with one attached hydrogen (secondary N) is 1. The maximum atomic E-state index is 11.1. The van der Waals surface area contributed by atoms with E-state index in [1.807, 2.05) is 6.07 Å². The van der Waals surface area contributed by atoms with Crippen LogP contribution in [0.3, 0.4) is 0 Å². The highest BCUT2D eigenvalue weighted by molar-refractivity contribution is 6.03. The van der Waals surface area contributed by atoms with Gasteiger partial charge in [0, 0.05) is 30.4 Å². The molecule has 1 aromatic heterocycles. The van der Waals surface area contributed by atoms with E-state index in [1.165, 1.54) is 0 Å². The Morgan fingerprint density at radius 3 is 2.88 bits per heavy atom. The van der Waals surface area contributed by atoms with Gasteiger partial charge in [-0.15, -0.1) is 0 Å². The number of aromatic hydroxyl groups is 1. The van der Waals surface area contributed by atoms with Gasteiger partial charge in [-0.1, -0.05) is 12.1 Å². The Morgan fingerprint density at radius 2 is 2.12 bits per heavy atom.